The number of carbonyl (C=O) groups is 1. The number of halogens is 1. The molecule has 1 aliphatic rings. The van der Waals surface area contributed by atoms with Crippen molar-refractivity contribution in [3.05, 3.63) is 35.0 Å². The van der Waals surface area contributed by atoms with Crippen molar-refractivity contribution in [1.82, 2.24) is 4.57 Å². The van der Waals surface area contributed by atoms with Gasteiger partial charge in [0.2, 0.25) is 0 Å². The Balaban J connectivity index is 2.21. The van der Waals surface area contributed by atoms with Crippen LogP contribution in [0.3, 0.4) is 0 Å². The number of nitrogens with zero attached hydrogens (tertiary/aromatic N) is 1. The van der Waals surface area contributed by atoms with Crippen molar-refractivity contribution in [2.75, 3.05) is 0 Å². The second kappa shape index (κ2) is 4.81. The third-order valence-electron chi connectivity index (χ3n) is 4.62. The van der Waals surface area contributed by atoms with E-state index >= 15 is 0 Å². The number of benzene rings is 1. The molecule has 1 aromatic carbocycles. The lowest BCUT2D eigenvalue weighted by Gasteiger charge is -2.34. The SMILES string of the molecule is Cn1ccc2c(Cl)cc(C3(C(=O)O)CCCCC3)cc21. The number of hydrogen-bond acceptors (Lipinski definition) is 1. The molecule has 0 bridgehead atoms. The van der Waals surface area contributed by atoms with Crippen LogP contribution in [0, 0.1) is 0 Å². The first-order valence-electron chi connectivity index (χ1n) is 7.03. The van der Waals surface area contributed by atoms with Crippen LogP contribution in [0.1, 0.15) is 37.7 Å². The van der Waals surface area contributed by atoms with Crippen LogP contribution in [-0.2, 0) is 17.3 Å². The Hall–Kier alpha value is -1.48. The summed E-state index contributed by atoms with van der Waals surface area (Å²) in [4.78, 5) is 11.9. The van der Waals surface area contributed by atoms with Crippen molar-refractivity contribution in [3.8, 4) is 0 Å². The predicted octanol–water partition coefficient (Wildman–Crippen LogP) is 4.12. The van der Waals surface area contributed by atoms with Crippen molar-refractivity contribution in [2.24, 2.45) is 7.05 Å². The monoisotopic (exact) mass is 291 g/mol. The molecule has 2 aromatic rings. The zero-order valence-corrected chi connectivity index (χ0v) is 12.3. The first kappa shape index (κ1) is 13.5. The van der Waals surface area contributed by atoms with Crippen LogP contribution in [0.25, 0.3) is 10.9 Å². The van der Waals surface area contributed by atoms with E-state index in [4.69, 9.17) is 11.6 Å². The smallest absolute Gasteiger partial charge is 0.314 e. The summed E-state index contributed by atoms with van der Waals surface area (Å²) in [6.07, 6.45) is 6.41. The molecule has 1 heterocycles. The van der Waals surface area contributed by atoms with E-state index < -0.39 is 11.4 Å². The fraction of sp³-hybridized carbons (Fsp3) is 0.438. The van der Waals surface area contributed by atoms with E-state index in [1.807, 2.05) is 36.0 Å². The third kappa shape index (κ3) is 1.92. The summed E-state index contributed by atoms with van der Waals surface area (Å²) in [7, 11) is 1.96. The second-order valence-corrected chi connectivity index (χ2v) is 6.17. The van der Waals surface area contributed by atoms with Gasteiger partial charge in [-0.05, 0) is 36.6 Å². The Morgan fingerprint density at radius 3 is 2.65 bits per heavy atom. The highest BCUT2D eigenvalue weighted by Gasteiger charge is 2.41. The van der Waals surface area contributed by atoms with Crippen LogP contribution in [0.15, 0.2) is 24.4 Å². The minimum atomic E-state index is -0.764. The fourth-order valence-electron chi connectivity index (χ4n) is 3.38. The fourth-order valence-corrected chi connectivity index (χ4v) is 3.66. The quantitative estimate of drug-likeness (QED) is 0.904. The average molecular weight is 292 g/mol. The maximum atomic E-state index is 11.9. The molecule has 0 aliphatic heterocycles. The summed E-state index contributed by atoms with van der Waals surface area (Å²) in [6.45, 7) is 0. The molecule has 106 valence electrons. The van der Waals surface area contributed by atoms with Gasteiger partial charge in [-0.3, -0.25) is 4.79 Å². The molecule has 0 spiro atoms. The normalized spacial score (nSPS) is 18.3. The first-order chi connectivity index (χ1) is 9.54. The zero-order valence-electron chi connectivity index (χ0n) is 11.5. The highest BCUT2D eigenvalue weighted by Crippen LogP contribution is 2.42. The van der Waals surface area contributed by atoms with Crippen LogP contribution in [0.4, 0.5) is 0 Å². The second-order valence-electron chi connectivity index (χ2n) is 5.77. The van der Waals surface area contributed by atoms with E-state index in [2.05, 4.69) is 0 Å². The Labute approximate surface area is 123 Å². The van der Waals surface area contributed by atoms with Crippen molar-refractivity contribution in [1.29, 1.82) is 0 Å². The molecule has 1 aliphatic carbocycles. The number of carboxylic acid groups (broad SMARTS) is 1. The minimum absolute atomic E-state index is 0.643. The van der Waals surface area contributed by atoms with Crippen molar-refractivity contribution >= 4 is 28.5 Å². The highest BCUT2D eigenvalue weighted by atomic mass is 35.5. The average Bonchev–Trinajstić information content (AvgIpc) is 2.82. The number of carboxylic acids is 1. The molecule has 0 atom stereocenters. The summed E-state index contributed by atoms with van der Waals surface area (Å²) >= 11 is 6.36. The van der Waals surface area contributed by atoms with Crippen LogP contribution in [0.5, 0.6) is 0 Å². The van der Waals surface area contributed by atoms with E-state index in [0.717, 1.165) is 35.7 Å². The lowest BCUT2D eigenvalue weighted by atomic mass is 9.69. The molecule has 1 aromatic heterocycles. The van der Waals surface area contributed by atoms with Crippen LogP contribution < -0.4 is 0 Å². The van der Waals surface area contributed by atoms with Crippen LogP contribution in [0.2, 0.25) is 5.02 Å². The van der Waals surface area contributed by atoms with Gasteiger partial charge in [0.15, 0.2) is 0 Å². The van der Waals surface area contributed by atoms with Crippen LogP contribution in [-0.4, -0.2) is 15.6 Å². The summed E-state index contributed by atoms with van der Waals surface area (Å²) in [5, 5.41) is 11.4. The molecule has 4 heteroatoms. The summed E-state index contributed by atoms with van der Waals surface area (Å²) in [5.74, 6) is -0.721. The van der Waals surface area contributed by atoms with E-state index in [9.17, 15) is 9.90 Å². The molecular formula is C16H18ClNO2. The molecule has 1 saturated carbocycles. The Bertz CT molecular complexity index is 668. The molecule has 0 amide bonds. The van der Waals surface area contributed by atoms with E-state index in [0.29, 0.717) is 17.9 Å². The molecule has 1 N–H and O–H groups in total. The van der Waals surface area contributed by atoms with Crippen LogP contribution >= 0.6 is 11.6 Å². The summed E-state index contributed by atoms with van der Waals surface area (Å²) in [5.41, 5.74) is 1.09. The standard InChI is InChI=1S/C16H18ClNO2/c1-18-8-5-12-13(17)9-11(10-14(12)18)16(15(19)20)6-3-2-4-7-16/h5,8-10H,2-4,6-7H2,1H3,(H,19,20). The minimum Gasteiger partial charge on any atom is -0.481 e. The molecule has 1 fully saturated rings. The van der Waals surface area contributed by atoms with Gasteiger partial charge in [-0.15, -0.1) is 0 Å². The molecule has 0 unspecified atom stereocenters. The highest BCUT2D eigenvalue weighted by molar-refractivity contribution is 6.35. The molecular weight excluding hydrogens is 274 g/mol. The van der Waals surface area contributed by atoms with Gasteiger partial charge in [-0.1, -0.05) is 30.9 Å². The Morgan fingerprint density at radius 2 is 2.00 bits per heavy atom. The maximum absolute atomic E-state index is 11.9. The lowest BCUT2D eigenvalue weighted by Crippen LogP contribution is -2.37. The zero-order chi connectivity index (χ0) is 14.3. The number of fused-ring (bicyclic) bond motifs is 1. The summed E-state index contributed by atoms with van der Waals surface area (Å²) in [6, 6.07) is 5.82. The Morgan fingerprint density at radius 1 is 1.30 bits per heavy atom. The van der Waals surface area contributed by atoms with E-state index in [1.165, 1.54) is 0 Å². The maximum Gasteiger partial charge on any atom is 0.314 e. The van der Waals surface area contributed by atoms with Crippen molar-refractivity contribution < 1.29 is 9.90 Å². The predicted molar refractivity (Wildman–Crippen MR) is 80.3 cm³/mol. The van der Waals surface area contributed by atoms with E-state index in [1.54, 1.807) is 0 Å². The summed E-state index contributed by atoms with van der Waals surface area (Å²) < 4.78 is 1.99. The molecule has 3 rings (SSSR count). The third-order valence-corrected chi connectivity index (χ3v) is 4.93. The number of rotatable bonds is 2. The van der Waals surface area contributed by atoms with Crippen molar-refractivity contribution in [2.45, 2.75) is 37.5 Å². The van der Waals surface area contributed by atoms with Gasteiger partial charge in [0, 0.05) is 24.1 Å². The molecule has 3 nitrogen and oxygen atoms in total. The van der Waals surface area contributed by atoms with Gasteiger partial charge in [0.05, 0.1) is 10.4 Å². The lowest BCUT2D eigenvalue weighted by molar-refractivity contribution is -0.145. The number of aliphatic carboxylic acids is 1. The van der Waals surface area contributed by atoms with Gasteiger partial charge >= 0.3 is 5.97 Å². The Kier molecular flexibility index (Phi) is 3.25. The van der Waals surface area contributed by atoms with Gasteiger partial charge in [0.25, 0.3) is 0 Å². The number of aromatic nitrogens is 1. The molecule has 0 radical (unpaired) electrons. The first-order valence-corrected chi connectivity index (χ1v) is 7.41. The number of aryl methyl sites for hydroxylation is 1. The van der Waals surface area contributed by atoms with Gasteiger partial charge in [-0.25, -0.2) is 0 Å². The molecule has 0 saturated heterocycles. The van der Waals surface area contributed by atoms with Gasteiger partial charge in [-0.2, -0.15) is 0 Å². The van der Waals surface area contributed by atoms with Crippen molar-refractivity contribution in [3.63, 3.8) is 0 Å². The van der Waals surface area contributed by atoms with Gasteiger partial charge in [0.1, 0.15) is 0 Å². The molecule has 20 heavy (non-hydrogen) atoms. The topological polar surface area (TPSA) is 42.2 Å². The number of hydrogen-bond donors (Lipinski definition) is 1. The van der Waals surface area contributed by atoms with Gasteiger partial charge < -0.3 is 9.67 Å². The van der Waals surface area contributed by atoms with E-state index in [-0.39, 0.29) is 0 Å². The largest absolute Gasteiger partial charge is 0.481 e.